The fraction of sp³-hybridized carbons (Fsp3) is 0.750. The van der Waals surface area contributed by atoms with Crippen LogP contribution in [0.2, 0.25) is 0 Å². The van der Waals surface area contributed by atoms with E-state index in [9.17, 15) is 29.1 Å². The van der Waals surface area contributed by atoms with Crippen molar-refractivity contribution in [2.75, 3.05) is 85.1 Å². The van der Waals surface area contributed by atoms with Gasteiger partial charge in [0, 0.05) is 39.3 Å². The second-order valence-corrected chi connectivity index (χ2v) is 7.86. The molecule has 0 aromatic carbocycles. The van der Waals surface area contributed by atoms with E-state index in [0.29, 0.717) is 39.0 Å². The number of amides is 2. The highest BCUT2D eigenvalue weighted by Crippen LogP contribution is 1.97. The lowest BCUT2D eigenvalue weighted by Crippen LogP contribution is -2.47. The van der Waals surface area contributed by atoms with Gasteiger partial charge in [0.05, 0.1) is 32.7 Å². The summed E-state index contributed by atoms with van der Waals surface area (Å²) in [5, 5.41) is 32.8. The number of carbonyl (C=O) groups excluding carboxylic acids is 2. The maximum atomic E-state index is 12.0. The SMILES string of the molecule is NCCCNC(=O)CN(CCN(CCN(CC(=O)O)CC(=O)NCCCN)CC(=O)O)CC(=O)O. The minimum absolute atomic E-state index is 0.0857. The second kappa shape index (κ2) is 19.5. The van der Waals surface area contributed by atoms with Crippen molar-refractivity contribution in [2.24, 2.45) is 11.5 Å². The Morgan fingerprint density at radius 2 is 0.857 bits per heavy atom. The van der Waals surface area contributed by atoms with Crippen LogP contribution in [0.5, 0.6) is 0 Å². The summed E-state index contributed by atoms with van der Waals surface area (Å²) in [7, 11) is 0. The number of nitrogens with zero attached hydrogens (tertiary/aromatic N) is 3. The van der Waals surface area contributed by atoms with E-state index in [0.717, 1.165) is 0 Å². The molecule has 0 fully saturated rings. The summed E-state index contributed by atoms with van der Waals surface area (Å²) in [5.74, 6) is -4.16. The molecule has 0 aromatic heterocycles. The lowest BCUT2D eigenvalue weighted by atomic mass is 10.3. The smallest absolute Gasteiger partial charge is 0.317 e. The normalized spacial score (nSPS) is 11.1. The van der Waals surface area contributed by atoms with E-state index in [1.807, 2.05) is 0 Å². The van der Waals surface area contributed by atoms with Gasteiger partial charge in [-0.05, 0) is 25.9 Å². The first-order valence-electron chi connectivity index (χ1n) is 11.3. The van der Waals surface area contributed by atoms with Crippen LogP contribution in [0, 0.1) is 0 Å². The number of aliphatic carboxylic acids is 3. The lowest BCUT2D eigenvalue weighted by Gasteiger charge is -2.28. The Balaban J connectivity index is 5.00. The number of carboxylic acid groups (broad SMARTS) is 3. The Hall–Kier alpha value is -2.85. The molecule has 0 aliphatic rings. The number of carboxylic acids is 3. The molecule has 0 aliphatic heterocycles. The molecule has 0 unspecified atom stereocenters. The van der Waals surface area contributed by atoms with E-state index in [4.69, 9.17) is 21.7 Å². The predicted octanol–water partition coefficient (Wildman–Crippen LogP) is -3.92. The van der Waals surface area contributed by atoms with E-state index >= 15 is 0 Å². The Morgan fingerprint density at radius 3 is 1.17 bits per heavy atom. The van der Waals surface area contributed by atoms with Crippen LogP contribution in [-0.4, -0.2) is 145 Å². The quantitative estimate of drug-likeness (QED) is 0.0698. The predicted molar refractivity (Wildman–Crippen MR) is 126 cm³/mol. The summed E-state index contributed by atoms with van der Waals surface area (Å²) in [6.07, 6.45) is 1.16. The molecule has 0 radical (unpaired) electrons. The lowest BCUT2D eigenvalue weighted by molar-refractivity contribution is -0.141. The number of rotatable bonds is 22. The first-order valence-corrected chi connectivity index (χ1v) is 11.3. The Labute approximate surface area is 204 Å². The van der Waals surface area contributed by atoms with Gasteiger partial charge in [-0.2, -0.15) is 0 Å². The standard InChI is InChI=1S/C20H39N7O8/c21-3-1-5-23-16(28)11-26(14-19(32)33)9-7-25(13-18(30)31)8-10-27(15-20(34)35)12-17(29)24-6-2-4-22/h1-15,21-22H2,(H,23,28)(H,24,29)(H,30,31)(H,32,33)(H,34,35). The van der Waals surface area contributed by atoms with Gasteiger partial charge in [-0.3, -0.25) is 38.7 Å². The maximum Gasteiger partial charge on any atom is 0.317 e. The van der Waals surface area contributed by atoms with Gasteiger partial charge in [-0.25, -0.2) is 0 Å². The highest BCUT2D eigenvalue weighted by Gasteiger charge is 2.19. The zero-order valence-electron chi connectivity index (χ0n) is 20.0. The van der Waals surface area contributed by atoms with Crippen molar-refractivity contribution >= 4 is 29.7 Å². The average Bonchev–Trinajstić information content (AvgIpc) is 2.74. The first-order chi connectivity index (χ1) is 16.6. The van der Waals surface area contributed by atoms with Gasteiger partial charge >= 0.3 is 17.9 Å². The van der Waals surface area contributed by atoms with Crippen molar-refractivity contribution in [1.29, 1.82) is 0 Å². The molecule has 15 heteroatoms. The monoisotopic (exact) mass is 505 g/mol. The van der Waals surface area contributed by atoms with Crippen LogP contribution in [0.1, 0.15) is 12.8 Å². The third-order valence-electron chi connectivity index (χ3n) is 4.68. The Morgan fingerprint density at radius 1 is 0.543 bits per heavy atom. The Kier molecular flexibility index (Phi) is 17.9. The molecule has 9 N–H and O–H groups in total. The van der Waals surface area contributed by atoms with E-state index < -0.39 is 31.0 Å². The third kappa shape index (κ3) is 19.2. The van der Waals surface area contributed by atoms with Crippen molar-refractivity contribution in [1.82, 2.24) is 25.3 Å². The summed E-state index contributed by atoms with van der Waals surface area (Å²) >= 11 is 0. The summed E-state index contributed by atoms with van der Waals surface area (Å²) in [4.78, 5) is 62.0. The van der Waals surface area contributed by atoms with E-state index in [-0.39, 0.29) is 57.6 Å². The molecule has 0 spiro atoms. The molecule has 0 atom stereocenters. The number of hydrogen-bond donors (Lipinski definition) is 7. The zero-order valence-corrected chi connectivity index (χ0v) is 20.0. The van der Waals surface area contributed by atoms with Gasteiger partial charge < -0.3 is 37.4 Å². The second-order valence-electron chi connectivity index (χ2n) is 7.86. The fourth-order valence-corrected chi connectivity index (χ4v) is 3.02. The fourth-order valence-electron chi connectivity index (χ4n) is 3.02. The van der Waals surface area contributed by atoms with Gasteiger partial charge in [-0.15, -0.1) is 0 Å². The van der Waals surface area contributed by atoms with E-state index in [1.165, 1.54) is 14.7 Å². The van der Waals surface area contributed by atoms with Crippen LogP contribution >= 0.6 is 0 Å². The molecule has 0 aliphatic carbocycles. The zero-order chi connectivity index (χ0) is 26.6. The highest BCUT2D eigenvalue weighted by molar-refractivity contribution is 5.79. The number of carbonyl (C=O) groups is 5. The molecular weight excluding hydrogens is 466 g/mol. The molecular formula is C20H39N7O8. The molecule has 0 saturated heterocycles. The van der Waals surface area contributed by atoms with Crippen molar-refractivity contribution in [3.63, 3.8) is 0 Å². The van der Waals surface area contributed by atoms with Crippen LogP contribution in [0.3, 0.4) is 0 Å². The van der Waals surface area contributed by atoms with Gasteiger partial charge in [0.15, 0.2) is 0 Å². The summed E-state index contributed by atoms with van der Waals surface area (Å²) in [6.45, 7) is 0.323. The number of nitrogens with one attached hydrogen (secondary N) is 2. The molecule has 0 heterocycles. The Bertz CT molecular complexity index is 632. The minimum Gasteiger partial charge on any atom is -0.480 e. The van der Waals surface area contributed by atoms with Crippen LogP contribution in [0.25, 0.3) is 0 Å². The number of nitrogens with two attached hydrogens (primary N) is 2. The van der Waals surface area contributed by atoms with Crippen molar-refractivity contribution < 1.29 is 39.3 Å². The maximum absolute atomic E-state index is 12.0. The van der Waals surface area contributed by atoms with E-state index in [1.54, 1.807) is 0 Å². The van der Waals surface area contributed by atoms with Crippen LogP contribution in [0.4, 0.5) is 0 Å². The molecule has 2 amide bonds. The van der Waals surface area contributed by atoms with Crippen LogP contribution < -0.4 is 22.1 Å². The largest absolute Gasteiger partial charge is 0.480 e. The van der Waals surface area contributed by atoms with Crippen LogP contribution in [0.15, 0.2) is 0 Å². The average molecular weight is 506 g/mol. The molecule has 35 heavy (non-hydrogen) atoms. The molecule has 202 valence electrons. The van der Waals surface area contributed by atoms with Crippen molar-refractivity contribution in [2.45, 2.75) is 12.8 Å². The molecule has 0 bridgehead atoms. The first kappa shape index (κ1) is 32.1. The summed E-state index contributed by atoms with van der Waals surface area (Å²) in [6, 6.07) is 0. The molecule has 0 rings (SSSR count). The molecule has 0 aromatic rings. The van der Waals surface area contributed by atoms with Gasteiger partial charge in [0.1, 0.15) is 0 Å². The van der Waals surface area contributed by atoms with Crippen LogP contribution in [-0.2, 0) is 24.0 Å². The summed E-state index contributed by atoms with van der Waals surface area (Å²) < 4.78 is 0. The van der Waals surface area contributed by atoms with Crippen molar-refractivity contribution in [3.8, 4) is 0 Å². The minimum atomic E-state index is -1.14. The topological polar surface area (TPSA) is 232 Å². The molecule has 15 nitrogen and oxygen atoms in total. The third-order valence-corrected chi connectivity index (χ3v) is 4.68. The number of hydrogen-bond acceptors (Lipinski definition) is 10. The summed E-state index contributed by atoms with van der Waals surface area (Å²) in [5.41, 5.74) is 10.8. The van der Waals surface area contributed by atoms with Gasteiger partial charge in [-0.1, -0.05) is 0 Å². The molecule has 0 saturated carbocycles. The van der Waals surface area contributed by atoms with Crippen molar-refractivity contribution in [3.05, 3.63) is 0 Å². The van der Waals surface area contributed by atoms with Gasteiger partial charge in [0.25, 0.3) is 0 Å². The van der Waals surface area contributed by atoms with E-state index in [2.05, 4.69) is 10.6 Å². The van der Waals surface area contributed by atoms with Gasteiger partial charge in [0.2, 0.25) is 11.8 Å². The highest BCUT2D eigenvalue weighted by atomic mass is 16.4.